The van der Waals surface area contributed by atoms with Gasteiger partial charge in [-0.2, -0.15) is 0 Å². The molecule has 0 fully saturated rings. The molecule has 1 nitrogen and oxygen atoms in total. The highest BCUT2D eigenvalue weighted by atomic mass is 19.1. The molecule has 0 amide bonds. The largest absolute Gasteiger partial charge is 0.330 e. The molecule has 0 saturated carbocycles. The molecule has 16 heavy (non-hydrogen) atoms. The summed E-state index contributed by atoms with van der Waals surface area (Å²) in [7, 11) is 0. The molecule has 1 aromatic carbocycles. The molecule has 1 atom stereocenters. The number of nitrogens with two attached hydrogens (primary N) is 1. The third-order valence-corrected chi connectivity index (χ3v) is 3.29. The lowest BCUT2D eigenvalue weighted by Crippen LogP contribution is -2.30. The maximum Gasteiger partial charge on any atom is 0.123 e. The van der Waals surface area contributed by atoms with Crippen molar-refractivity contribution in [1.29, 1.82) is 0 Å². The number of halogens is 1. The Hall–Kier alpha value is -0.890. The van der Waals surface area contributed by atoms with Gasteiger partial charge in [0.1, 0.15) is 5.82 Å². The molecule has 0 radical (unpaired) electrons. The van der Waals surface area contributed by atoms with Crippen LogP contribution in [0.25, 0.3) is 0 Å². The van der Waals surface area contributed by atoms with Crippen molar-refractivity contribution in [3.8, 4) is 0 Å². The molecule has 1 rings (SSSR count). The minimum atomic E-state index is -0.162. The predicted octanol–water partition coefficient (Wildman–Crippen LogP) is 3.30. The van der Waals surface area contributed by atoms with Crippen molar-refractivity contribution in [1.82, 2.24) is 0 Å². The van der Waals surface area contributed by atoms with Crippen LogP contribution in [0.5, 0.6) is 0 Å². The Balaban J connectivity index is 2.90. The molecule has 1 unspecified atom stereocenters. The molecule has 0 heterocycles. The summed E-state index contributed by atoms with van der Waals surface area (Å²) in [5.41, 5.74) is 8.18. The Morgan fingerprint density at radius 2 is 1.94 bits per heavy atom. The van der Waals surface area contributed by atoms with E-state index in [4.69, 9.17) is 5.73 Å². The first kappa shape index (κ1) is 13.2. The van der Waals surface area contributed by atoms with Gasteiger partial charge in [-0.1, -0.05) is 26.8 Å². The van der Waals surface area contributed by atoms with Gasteiger partial charge in [-0.15, -0.1) is 0 Å². The fourth-order valence-electron chi connectivity index (χ4n) is 1.87. The molecule has 0 aliphatic rings. The van der Waals surface area contributed by atoms with E-state index in [0.717, 1.165) is 17.5 Å². The average Bonchev–Trinajstić information content (AvgIpc) is 2.17. The van der Waals surface area contributed by atoms with Gasteiger partial charge in [0.25, 0.3) is 0 Å². The molecule has 0 saturated heterocycles. The standard InChI is InChI=1S/C14H22FN/c1-10-5-6-13(15)8-11(10)7-12(9-16)14(2,3)4/h5-6,8,12H,7,9,16H2,1-4H3. The zero-order chi connectivity index (χ0) is 12.3. The zero-order valence-electron chi connectivity index (χ0n) is 10.7. The summed E-state index contributed by atoms with van der Waals surface area (Å²) < 4.78 is 13.2. The molecule has 0 bridgehead atoms. The quantitative estimate of drug-likeness (QED) is 0.836. The van der Waals surface area contributed by atoms with Crippen molar-refractivity contribution in [2.75, 3.05) is 6.54 Å². The molecular formula is C14H22FN. The van der Waals surface area contributed by atoms with Gasteiger partial charge in [-0.25, -0.2) is 4.39 Å². The monoisotopic (exact) mass is 223 g/mol. The van der Waals surface area contributed by atoms with Crippen molar-refractivity contribution in [3.63, 3.8) is 0 Å². The van der Waals surface area contributed by atoms with Crippen LogP contribution in [0.1, 0.15) is 31.9 Å². The van der Waals surface area contributed by atoms with Gasteiger partial charge < -0.3 is 5.73 Å². The number of hydrogen-bond acceptors (Lipinski definition) is 1. The summed E-state index contributed by atoms with van der Waals surface area (Å²) in [5.74, 6) is 0.221. The topological polar surface area (TPSA) is 26.0 Å². The maximum atomic E-state index is 13.2. The van der Waals surface area contributed by atoms with Crippen LogP contribution in [0.4, 0.5) is 4.39 Å². The Bertz CT molecular complexity index is 352. The van der Waals surface area contributed by atoms with Crippen LogP contribution in [0.3, 0.4) is 0 Å². The Morgan fingerprint density at radius 1 is 1.31 bits per heavy atom. The summed E-state index contributed by atoms with van der Waals surface area (Å²) in [5, 5.41) is 0. The minimum Gasteiger partial charge on any atom is -0.330 e. The second-order valence-corrected chi connectivity index (χ2v) is 5.57. The van der Waals surface area contributed by atoms with Crippen molar-refractivity contribution in [2.24, 2.45) is 17.1 Å². The van der Waals surface area contributed by atoms with Crippen LogP contribution in [0.2, 0.25) is 0 Å². The van der Waals surface area contributed by atoms with Crippen molar-refractivity contribution in [3.05, 3.63) is 35.1 Å². The van der Waals surface area contributed by atoms with Crippen LogP contribution in [0, 0.1) is 24.1 Å². The van der Waals surface area contributed by atoms with Gasteiger partial charge in [-0.3, -0.25) is 0 Å². The highest BCUT2D eigenvalue weighted by Gasteiger charge is 2.23. The SMILES string of the molecule is Cc1ccc(F)cc1CC(CN)C(C)(C)C. The van der Waals surface area contributed by atoms with Crippen LogP contribution < -0.4 is 5.73 Å². The summed E-state index contributed by atoms with van der Waals surface area (Å²) in [6.07, 6.45) is 0.851. The fraction of sp³-hybridized carbons (Fsp3) is 0.571. The summed E-state index contributed by atoms with van der Waals surface area (Å²) in [6.45, 7) is 9.20. The summed E-state index contributed by atoms with van der Waals surface area (Å²) in [4.78, 5) is 0. The highest BCUT2D eigenvalue weighted by molar-refractivity contribution is 5.27. The first-order valence-electron chi connectivity index (χ1n) is 5.79. The molecule has 0 aliphatic heterocycles. The number of hydrogen-bond donors (Lipinski definition) is 1. The number of aryl methyl sites for hydroxylation is 1. The van der Waals surface area contributed by atoms with E-state index in [1.54, 1.807) is 6.07 Å². The highest BCUT2D eigenvalue weighted by Crippen LogP contribution is 2.29. The van der Waals surface area contributed by atoms with E-state index in [2.05, 4.69) is 20.8 Å². The molecule has 0 aliphatic carbocycles. The summed E-state index contributed by atoms with van der Waals surface area (Å²) >= 11 is 0. The number of rotatable bonds is 3. The van der Waals surface area contributed by atoms with E-state index in [9.17, 15) is 4.39 Å². The van der Waals surface area contributed by atoms with E-state index >= 15 is 0 Å². The van der Waals surface area contributed by atoms with E-state index in [0.29, 0.717) is 12.5 Å². The van der Waals surface area contributed by atoms with E-state index in [1.165, 1.54) is 6.07 Å². The smallest absolute Gasteiger partial charge is 0.123 e. The third-order valence-electron chi connectivity index (χ3n) is 3.29. The lowest BCUT2D eigenvalue weighted by atomic mass is 9.77. The lowest BCUT2D eigenvalue weighted by molar-refractivity contribution is 0.245. The van der Waals surface area contributed by atoms with Crippen molar-refractivity contribution >= 4 is 0 Å². The van der Waals surface area contributed by atoms with Gasteiger partial charge >= 0.3 is 0 Å². The normalized spacial score (nSPS) is 13.9. The van der Waals surface area contributed by atoms with Gasteiger partial charge in [0.15, 0.2) is 0 Å². The molecule has 2 N–H and O–H groups in total. The van der Waals surface area contributed by atoms with Gasteiger partial charge in [-0.05, 0) is 54.5 Å². The van der Waals surface area contributed by atoms with E-state index in [-0.39, 0.29) is 11.2 Å². The predicted molar refractivity (Wildman–Crippen MR) is 66.8 cm³/mol. The van der Waals surface area contributed by atoms with Crippen LogP contribution in [0.15, 0.2) is 18.2 Å². The number of benzene rings is 1. The van der Waals surface area contributed by atoms with Crippen molar-refractivity contribution in [2.45, 2.75) is 34.1 Å². The molecule has 90 valence electrons. The van der Waals surface area contributed by atoms with Crippen LogP contribution in [-0.4, -0.2) is 6.54 Å². The first-order valence-corrected chi connectivity index (χ1v) is 5.79. The van der Waals surface area contributed by atoms with E-state index in [1.807, 2.05) is 13.0 Å². The molecule has 2 heteroatoms. The second-order valence-electron chi connectivity index (χ2n) is 5.57. The van der Waals surface area contributed by atoms with E-state index < -0.39 is 0 Å². The molecule has 0 aromatic heterocycles. The lowest BCUT2D eigenvalue weighted by Gasteiger charge is -2.30. The van der Waals surface area contributed by atoms with Crippen molar-refractivity contribution < 1.29 is 4.39 Å². The molecule has 0 spiro atoms. The van der Waals surface area contributed by atoms with Gasteiger partial charge in [0.2, 0.25) is 0 Å². The Labute approximate surface area is 97.9 Å². The molecule has 1 aromatic rings. The summed E-state index contributed by atoms with van der Waals surface area (Å²) in [6, 6.07) is 4.97. The minimum absolute atomic E-state index is 0.160. The second kappa shape index (κ2) is 4.96. The van der Waals surface area contributed by atoms with Gasteiger partial charge in [0, 0.05) is 0 Å². The Morgan fingerprint density at radius 3 is 2.44 bits per heavy atom. The average molecular weight is 223 g/mol. The van der Waals surface area contributed by atoms with Crippen LogP contribution in [-0.2, 0) is 6.42 Å². The maximum absolute atomic E-state index is 13.2. The first-order chi connectivity index (χ1) is 7.34. The Kier molecular flexibility index (Phi) is 4.09. The third kappa shape index (κ3) is 3.31. The molecular weight excluding hydrogens is 201 g/mol. The fourth-order valence-corrected chi connectivity index (χ4v) is 1.87. The zero-order valence-corrected chi connectivity index (χ0v) is 10.7. The van der Waals surface area contributed by atoms with Gasteiger partial charge in [0.05, 0.1) is 0 Å². The van der Waals surface area contributed by atoms with Crippen LogP contribution >= 0.6 is 0 Å².